The minimum atomic E-state index is -0.612. The highest BCUT2D eigenvalue weighted by Gasteiger charge is 2.07. The van der Waals surface area contributed by atoms with Gasteiger partial charge >= 0.3 is 0 Å². The molecule has 0 heterocycles. The monoisotopic (exact) mass is 158 g/mol. The Bertz CT molecular complexity index is 127. The summed E-state index contributed by atoms with van der Waals surface area (Å²) in [7, 11) is 0. The molecule has 0 spiro atoms. The van der Waals surface area contributed by atoms with Crippen LogP contribution in [-0.4, -0.2) is 16.9 Å². The zero-order valence-electron chi connectivity index (χ0n) is 7.83. The number of azo groups is 1. The normalized spacial score (nSPS) is 15.7. The highest BCUT2D eigenvalue weighted by molar-refractivity contribution is 4.67. The molecule has 0 radical (unpaired) electrons. The molecule has 1 atom stereocenters. The predicted molar refractivity (Wildman–Crippen MR) is 45.5 cm³/mol. The van der Waals surface area contributed by atoms with Gasteiger partial charge in [-0.2, -0.15) is 10.2 Å². The number of aliphatic hydroxyl groups excluding tert-OH is 1. The van der Waals surface area contributed by atoms with Crippen LogP contribution >= 0.6 is 0 Å². The fourth-order valence-corrected chi connectivity index (χ4v) is 0.556. The molecule has 0 aromatic heterocycles. The second-order valence-electron chi connectivity index (χ2n) is 3.66. The highest BCUT2D eigenvalue weighted by atomic mass is 16.3. The van der Waals surface area contributed by atoms with Crippen LogP contribution in [0.4, 0.5) is 0 Å². The van der Waals surface area contributed by atoms with E-state index in [0.717, 1.165) is 6.42 Å². The Labute approximate surface area is 68.5 Å². The van der Waals surface area contributed by atoms with Gasteiger partial charge in [0.2, 0.25) is 0 Å². The van der Waals surface area contributed by atoms with E-state index in [1.54, 1.807) is 0 Å². The molecular weight excluding hydrogens is 140 g/mol. The standard InChI is InChI=1S/C8H18N2O/c1-5-6-7(11)9-10-8(2,3)4/h7,11H,5-6H2,1-4H3. The van der Waals surface area contributed by atoms with Crippen molar-refractivity contribution >= 4 is 0 Å². The second kappa shape index (κ2) is 4.44. The summed E-state index contributed by atoms with van der Waals surface area (Å²) in [5.74, 6) is 0. The van der Waals surface area contributed by atoms with Crippen molar-refractivity contribution in [1.29, 1.82) is 0 Å². The third-order valence-electron chi connectivity index (χ3n) is 1.04. The molecule has 0 aliphatic carbocycles. The Hall–Kier alpha value is -0.440. The van der Waals surface area contributed by atoms with E-state index in [2.05, 4.69) is 10.2 Å². The van der Waals surface area contributed by atoms with Crippen molar-refractivity contribution in [3.05, 3.63) is 0 Å². The minimum absolute atomic E-state index is 0.172. The van der Waals surface area contributed by atoms with Gasteiger partial charge in [0.1, 0.15) is 0 Å². The smallest absolute Gasteiger partial charge is 0.165 e. The van der Waals surface area contributed by atoms with Crippen molar-refractivity contribution in [3.8, 4) is 0 Å². The lowest BCUT2D eigenvalue weighted by molar-refractivity contribution is 0.160. The van der Waals surface area contributed by atoms with Gasteiger partial charge in [0, 0.05) is 0 Å². The lowest BCUT2D eigenvalue weighted by Gasteiger charge is -2.10. The molecular formula is C8H18N2O. The van der Waals surface area contributed by atoms with Gasteiger partial charge in [-0.25, -0.2) is 0 Å². The molecule has 3 heteroatoms. The number of hydrogen-bond donors (Lipinski definition) is 1. The third-order valence-corrected chi connectivity index (χ3v) is 1.04. The summed E-state index contributed by atoms with van der Waals surface area (Å²) in [6.07, 6.45) is 1.02. The van der Waals surface area contributed by atoms with E-state index in [4.69, 9.17) is 5.11 Å². The number of aliphatic hydroxyl groups is 1. The van der Waals surface area contributed by atoms with Crippen molar-refractivity contribution in [3.63, 3.8) is 0 Å². The molecule has 0 fully saturated rings. The van der Waals surface area contributed by atoms with Gasteiger partial charge in [-0.1, -0.05) is 13.3 Å². The van der Waals surface area contributed by atoms with Gasteiger partial charge in [0.05, 0.1) is 5.54 Å². The summed E-state index contributed by atoms with van der Waals surface area (Å²) >= 11 is 0. The van der Waals surface area contributed by atoms with E-state index in [1.165, 1.54) is 0 Å². The van der Waals surface area contributed by atoms with Crippen LogP contribution in [0.2, 0.25) is 0 Å². The van der Waals surface area contributed by atoms with Crippen molar-refractivity contribution in [1.82, 2.24) is 0 Å². The van der Waals surface area contributed by atoms with Gasteiger partial charge in [0.15, 0.2) is 6.23 Å². The van der Waals surface area contributed by atoms with E-state index >= 15 is 0 Å². The SMILES string of the molecule is CCCC(O)N=NC(C)(C)C. The predicted octanol–water partition coefficient (Wildman–Crippen LogP) is 2.36. The number of rotatable bonds is 3. The van der Waals surface area contributed by atoms with Gasteiger partial charge < -0.3 is 5.11 Å². The van der Waals surface area contributed by atoms with Crippen LogP contribution in [0.5, 0.6) is 0 Å². The molecule has 0 aliphatic heterocycles. The van der Waals surface area contributed by atoms with Crippen LogP contribution in [-0.2, 0) is 0 Å². The number of nitrogens with zero attached hydrogens (tertiary/aromatic N) is 2. The minimum Gasteiger partial charge on any atom is -0.370 e. The highest BCUT2D eigenvalue weighted by Crippen LogP contribution is 2.08. The molecule has 0 saturated carbocycles. The molecule has 0 aromatic rings. The van der Waals surface area contributed by atoms with Crippen LogP contribution in [0.25, 0.3) is 0 Å². The molecule has 0 rings (SSSR count). The summed E-state index contributed by atoms with van der Waals surface area (Å²) in [4.78, 5) is 0. The third kappa shape index (κ3) is 7.46. The number of hydrogen-bond acceptors (Lipinski definition) is 3. The zero-order chi connectivity index (χ0) is 8.91. The summed E-state index contributed by atoms with van der Waals surface area (Å²) in [6, 6.07) is 0. The summed E-state index contributed by atoms with van der Waals surface area (Å²) in [5, 5.41) is 16.9. The van der Waals surface area contributed by atoms with Crippen molar-refractivity contribution in [2.24, 2.45) is 10.2 Å². The Morgan fingerprint density at radius 2 is 1.91 bits per heavy atom. The first-order valence-electron chi connectivity index (χ1n) is 4.06. The first-order chi connectivity index (χ1) is 4.95. The van der Waals surface area contributed by atoms with Gasteiger partial charge in [0.25, 0.3) is 0 Å². The van der Waals surface area contributed by atoms with Gasteiger partial charge in [-0.05, 0) is 27.2 Å². The molecule has 0 saturated heterocycles. The fraction of sp³-hybridized carbons (Fsp3) is 1.00. The average Bonchev–Trinajstić information content (AvgIpc) is 1.83. The molecule has 0 bridgehead atoms. The Morgan fingerprint density at radius 3 is 2.27 bits per heavy atom. The molecule has 66 valence electrons. The van der Waals surface area contributed by atoms with Crippen molar-refractivity contribution < 1.29 is 5.11 Å². The maximum Gasteiger partial charge on any atom is 0.165 e. The Morgan fingerprint density at radius 1 is 1.36 bits per heavy atom. The lowest BCUT2D eigenvalue weighted by atomic mass is 10.1. The van der Waals surface area contributed by atoms with E-state index in [0.29, 0.717) is 6.42 Å². The molecule has 3 nitrogen and oxygen atoms in total. The van der Waals surface area contributed by atoms with E-state index < -0.39 is 6.23 Å². The maximum atomic E-state index is 9.15. The van der Waals surface area contributed by atoms with E-state index in [-0.39, 0.29) is 5.54 Å². The molecule has 0 aliphatic rings. The van der Waals surface area contributed by atoms with Crippen LogP contribution in [0.3, 0.4) is 0 Å². The van der Waals surface area contributed by atoms with Gasteiger partial charge in [-0.3, -0.25) is 0 Å². The maximum absolute atomic E-state index is 9.15. The van der Waals surface area contributed by atoms with Crippen molar-refractivity contribution in [2.75, 3.05) is 0 Å². The van der Waals surface area contributed by atoms with E-state index in [9.17, 15) is 0 Å². The summed E-state index contributed by atoms with van der Waals surface area (Å²) in [6.45, 7) is 7.87. The summed E-state index contributed by atoms with van der Waals surface area (Å²) < 4.78 is 0. The summed E-state index contributed by atoms with van der Waals surface area (Å²) in [5.41, 5.74) is -0.172. The topological polar surface area (TPSA) is 45.0 Å². The average molecular weight is 158 g/mol. The van der Waals surface area contributed by atoms with Gasteiger partial charge in [-0.15, -0.1) is 0 Å². The van der Waals surface area contributed by atoms with Crippen LogP contribution in [0, 0.1) is 0 Å². The Kier molecular flexibility index (Phi) is 4.26. The molecule has 0 aromatic carbocycles. The molecule has 0 amide bonds. The fourth-order valence-electron chi connectivity index (χ4n) is 0.556. The molecule has 1 unspecified atom stereocenters. The first kappa shape index (κ1) is 10.6. The second-order valence-corrected chi connectivity index (χ2v) is 3.66. The quantitative estimate of drug-likeness (QED) is 0.629. The molecule has 11 heavy (non-hydrogen) atoms. The largest absolute Gasteiger partial charge is 0.370 e. The van der Waals surface area contributed by atoms with Crippen LogP contribution < -0.4 is 0 Å². The zero-order valence-corrected chi connectivity index (χ0v) is 7.83. The molecule has 1 N–H and O–H groups in total. The van der Waals surface area contributed by atoms with Crippen molar-refractivity contribution in [2.45, 2.75) is 52.3 Å². The lowest BCUT2D eigenvalue weighted by Crippen LogP contribution is -2.10. The Balaban J connectivity index is 3.73. The van der Waals surface area contributed by atoms with Crippen LogP contribution in [0.1, 0.15) is 40.5 Å². The first-order valence-corrected chi connectivity index (χ1v) is 4.06. The van der Waals surface area contributed by atoms with Crippen LogP contribution in [0.15, 0.2) is 10.2 Å². The van der Waals surface area contributed by atoms with E-state index in [1.807, 2.05) is 27.7 Å².